The van der Waals surface area contributed by atoms with E-state index in [1.54, 1.807) is 0 Å². The van der Waals surface area contributed by atoms with E-state index in [4.69, 9.17) is 0 Å². The first-order valence-corrected chi connectivity index (χ1v) is 7.81. The lowest BCUT2D eigenvalue weighted by atomic mass is 9.89. The van der Waals surface area contributed by atoms with Crippen LogP contribution in [0.3, 0.4) is 0 Å². The van der Waals surface area contributed by atoms with Gasteiger partial charge in [-0.1, -0.05) is 18.2 Å². The highest BCUT2D eigenvalue weighted by Crippen LogP contribution is 2.28. The molecule has 0 unspecified atom stereocenters. The summed E-state index contributed by atoms with van der Waals surface area (Å²) >= 11 is 0. The first kappa shape index (κ1) is 15.3. The average molecular weight is 312 g/mol. The van der Waals surface area contributed by atoms with Gasteiger partial charge >= 0.3 is 0 Å². The van der Waals surface area contributed by atoms with Gasteiger partial charge in [0, 0.05) is 18.3 Å². The Morgan fingerprint density at radius 3 is 2.52 bits per heavy atom. The Bertz CT molecular complexity index is 837. The maximum Gasteiger partial charge on any atom is 0.261 e. The largest absolute Gasteiger partial charge is 0.494 e. The van der Waals surface area contributed by atoms with Crippen LogP contribution in [-0.4, -0.2) is 15.6 Å². The lowest BCUT2D eigenvalue weighted by Crippen LogP contribution is -2.29. The van der Waals surface area contributed by atoms with E-state index in [9.17, 15) is 14.7 Å². The molecule has 5 heteroatoms. The fraction of sp³-hybridized carbons (Fsp3) is 0.333. The van der Waals surface area contributed by atoms with E-state index in [0.29, 0.717) is 29.7 Å². The molecule has 0 spiro atoms. The molecule has 2 N–H and O–H groups in total. The van der Waals surface area contributed by atoms with Crippen LogP contribution in [0.2, 0.25) is 0 Å². The summed E-state index contributed by atoms with van der Waals surface area (Å²) in [5.41, 5.74) is 3.03. The number of nitrogens with one attached hydrogen (secondary N) is 1. The molecule has 1 heterocycles. The quantitative estimate of drug-likeness (QED) is 0.895. The summed E-state index contributed by atoms with van der Waals surface area (Å²) in [5, 5.41) is 13.2. The fourth-order valence-electron chi connectivity index (χ4n) is 3.16. The molecule has 0 fully saturated rings. The second kappa shape index (κ2) is 5.91. The predicted molar refractivity (Wildman–Crippen MR) is 89.1 cm³/mol. The maximum atomic E-state index is 12.7. The summed E-state index contributed by atoms with van der Waals surface area (Å²) in [5.74, 6) is -0.632. The minimum absolute atomic E-state index is 0.204. The summed E-state index contributed by atoms with van der Waals surface area (Å²) in [4.78, 5) is 25.0. The van der Waals surface area contributed by atoms with Crippen LogP contribution in [-0.2, 0) is 19.9 Å². The van der Waals surface area contributed by atoms with E-state index in [1.807, 2.05) is 31.2 Å². The van der Waals surface area contributed by atoms with Gasteiger partial charge in [-0.2, -0.15) is 0 Å². The number of aromatic hydroxyl groups is 1. The molecular weight excluding hydrogens is 292 g/mol. The minimum atomic E-state index is -0.370. The molecule has 0 atom stereocenters. The highest BCUT2D eigenvalue weighted by atomic mass is 16.3. The number of aryl methyl sites for hydroxylation is 1. The molecular formula is C18H20N2O3. The van der Waals surface area contributed by atoms with Crippen LogP contribution in [0.4, 0.5) is 5.69 Å². The van der Waals surface area contributed by atoms with Gasteiger partial charge in [0.1, 0.15) is 5.56 Å². The number of pyridine rings is 1. The summed E-state index contributed by atoms with van der Waals surface area (Å²) in [6, 6.07) is 7.47. The van der Waals surface area contributed by atoms with Crippen molar-refractivity contribution in [1.29, 1.82) is 0 Å². The Hall–Kier alpha value is -2.56. The second-order valence-corrected chi connectivity index (χ2v) is 6.00. The van der Waals surface area contributed by atoms with Gasteiger partial charge in [-0.15, -0.1) is 0 Å². The van der Waals surface area contributed by atoms with E-state index in [0.717, 1.165) is 23.0 Å². The Labute approximate surface area is 134 Å². The van der Waals surface area contributed by atoms with Gasteiger partial charge in [0.2, 0.25) is 5.88 Å². The number of anilines is 1. The molecule has 0 radical (unpaired) electrons. The Kier molecular flexibility index (Phi) is 3.94. The summed E-state index contributed by atoms with van der Waals surface area (Å²) < 4.78 is 1.16. The monoisotopic (exact) mass is 312 g/mol. The van der Waals surface area contributed by atoms with Crippen molar-refractivity contribution in [1.82, 2.24) is 4.57 Å². The number of benzene rings is 1. The minimum Gasteiger partial charge on any atom is -0.494 e. The zero-order valence-electron chi connectivity index (χ0n) is 13.3. The highest BCUT2D eigenvalue weighted by molar-refractivity contribution is 6.07. The number of rotatable bonds is 2. The van der Waals surface area contributed by atoms with Gasteiger partial charge in [-0.3, -0.25) is 14.2 Å². The van der Waals surface area contributed by atoms with Crippen LogP contribution in [0.5, 0.6) is 5.88 Å². The number of para-hydroxylation sites is 1. The summed E-state index contributed by atoms with van der Waals surface area (Å²) in [7, 11) is 1.50. The van der Waals surface area contributed by atoms with E-state index < -0.39 is 0 Å². The highest BCUT2D eigenvalue weighted by Gasteiger charge is 2.26. The van der Waals surface area contributed by atoms with Crippen LogP contribution < -0.4 is 10.9 Å². The number of hydrogen-bond acceptors (Lipinski definition) is 3. The molecule has 0 saturated carbocycles. The molecule has 0 aliphatic heterocycles. The van der Waals surface area contributed by atoms with E-state index in [1.165, 1.54) is 7.05 Å². The van der Waals surface area contributed by atoms with Crippen LogP contribution in [0.25, 0.3) is 0 Å². The normalized spacial score (nSPS) is 13.5. The molecule has 1 aliphatic carbocycles. The van der Waals surface area contributed by atoms with Crippen molar-refractivity contribution in [3.8, 4) is 5.88 Å². The van der Waals surface area contributed by atoms with Crippen LogP contribution in [0.15, 0.2) is 29.1 Å². The molecule has 0 bridgehead atoms. The Morgan fingerprint density at radius 1 is 1.17 bits per heavy atom. The van der Waals surface area contributed by atoms with Gasteiger partial charge < -0.3 is 10.4 Å². The number of carbonyl (C=O) groups excluding carboxylic acids is 1. The Balaban J connectivity index is 2.09. The average Bonchev–Trinajstić information content (AvgIpc) is 2.55. The first-order valence-electron chi connectivity index (χ1n) is 7.81. The number of carbonyl (C=O) groups is 1. The lowest BCUT2D eigenvalue weighted by molar-refractivity contribution is 0.102. The molecule has 5 nitrogen and oxygen atoms in total. The van der Waals surface area contributed by atoms with Crippen molar-refractivity contribution < 1.29 is 9.90 Å². The van der Waals surface area contributed by atoms with Crippen molar-refractivity contribution in [2.45, 2.75) is 32.6 Å². The third kappa shape index (κ3) is 2.63. The fourth-order valence-corrected chi connectivity index (χ4v) is 3.16. The number of hydrogen-bond donors (Lipinski definition) is 2. The van der Waals surface area contributed by atoms with Crippen molar-refractivity contribution in [2.75, 3.05) is 5.32 Å². The number of fused-ring (bicyclic) bond motifs is 1. The van der Waals surface area contributed by atoms with Crippen molar-refractivity contribution >= 4 is 11.6 Å². The van der Waals surface area contributed by atoms with Gasteiger partial charge in [-0.05, 0) is 49.8 Å². The van der Waals surface area contributed by atoms with Gasteiger partial charge in [0.25, 0.3) is 11.5 Å². The number of amides is 1. The van der Waals surface area contributed by atoms with Crippen LogP contribution in [0, 0.1) is 6.92 Å². The Morgan fingerprint density at radius 2 is 1.83 bits per heavy atom. The van der Waals surface area contributed by atoms with E-state index in [2.05, 4.69) is 5.32 Å². The molecule has 120 valence electrons. The molecule has 1 aliphatic rings. The van der Waals surface area contributed by atoms with Gasteiger partial charge in [0.15, 0.2) is 0 Å². The number of aromatic nitrogens is 1. The van der Waals surface area contributed by atoms with Gasteiger partial charge in [-0.25, -0.2) is 0 Å². The first-order chi connectivity index (χ1) is 11.0. The smallest absolute Gasteiger partial charge is 0.261 e. The zero-order valence-corrected chi connectivity index (χ0v) is 13.3. The third-order valence-corrected chi connectivity index (χ3v) is 4.49. The molecule has 23 heavy (non-hydrogen) atoms. The van der Waals surface area contributed by atoms with Gasteiger partial charge in [0.05, 0.1) is 0 Å². The molecule has 1 amide bonds. The molecule has 1 aromatic heterocycles. The third-order valence-electron chi connectivity index (χ3n) is 4.49. The zero-order chi connectivity index (χ0) is 16.6. The molecule has 0 saturated heterocycles. The second-order valence-electron chi connectivity index (χ2n) is 6.00. The maximum absolute atomic E-state index is 12.7. The lowest BCUT2D eigenvalue weighted by Gasteiger charge is -2.21. The van der Waals surface area contributed by atoms with Crippen molar-refractivity contribution in [2.24, 2.45) is 7.05 Å². The topological polar surface area (TPSA) is 71.3 Å². The molecule has 1 aromatic carbocycles. The summed E-state index contributed by atoms with van der Waals surface area (Å²) in [6.45, 7) is 1.91. The predicted octanol–water partition coefficient (Wildman–Crippen LogP) is 2.53. The number of nitrogens with zero attached hydrogens (tertiary/aromatic N) is 1. The van der Waals surface area contributed by atoms with Crippen molar-refractivity contribution in [3.63, 3.8) is 0 Å². The van der Waals surface area contributed by atoms with E-state index in [-0.39, 0.29) is 22.9 Å². The van der Waals surface area contributed by atoms with Crippen LogP contribution in [0.1, 0.15) is 39.9 Å². The summed E-state index contributed by atoms with van der Waals surface area (Å²) in [6.07, 6.45) is 3.17. The SMILES string of the molecule is Cc1ccccc1NC(=O)c1c2c(c(=O)n(C)c1O)CCCC2. The molecule has 3 rings (SSSR count). The standard InChI is InChI=1S/C18H20N2O3/c1-11-7-3-6-10-14(11)19-16(21)15-12-8-4-5-9-13(12)17(22)20(2)18(15)23/h3,6-7,10,23H,4-5,8-9H2,1-2H3,(H,19,21). The van der Waals surface area contributed by atoms with E-state index >= 15 is 0 Å². The van der Waals surface area contributed by atoms with Crippen LogP contribution >= 0.6 is 0 Å². The van der Waals surface area contributed by atoms with Crippen molar-refractivity contribution in [3.05, 3.63) is 56.9 Å². The molecule has 2 aromatic rings.